The minimum Gasteiger partial charge on any atom is -0.504 e. The van der Waals surface area contributed by atoms with Crippen molar-refractivity contribution < 1.29 is 19.8 Å². The molecule has 0 bridgehead atoms. The molecule has 0 unspecified atom stereocenters. The van der Waals surface area contributed by atoms with Crippen molar-refractivity contribution in [1.82, 2.24) is 0 Å². The van der Waals surface area contributed by atoms with Crippen molar-refractivity contribution in [3.05, 3.63) is 23.8 Å². The molecule has 5 nitrogen and oxygen atoms in total. The third kappa shape index (κ3) is 2.09. The molecule has 0 aliphatic carbocycles. The number of carbonyl (C=O) groups is 1. The molecule has 4 N–H and O–H groups in total. The number of rotatable bonds is 2. The first-order chi connectivity index (χ1) is 6.15. The second kappa shape index (κ2) is 3.77. The number of hydrogen-bond acceptors (Lipinski definition) is 5. The Morgan fingerprint density at radius 1 is 1.46 bits per heavy atom. The standard InChI is InChI=1S/C8H9NO4/c9-13-7(11)4-5-2-1-3-6(10)8(5)12/h1-3,10,12H,4,9H2. The van der Waals surface area contributed by atoms with Crippen LogP contribution in [0.25, 0.3) is 0 Å². The van der Waals surface area contributed by atoms with Crippen molar-refractivity contribution in [2.24, 2.45) is 5.90 Å². The van der Waals surface area contributed by atoms with Gasteiger partial charge in [-0.15, -0.1) is 0 Å². The monoisotopic (exact) mass is 183 g/mol. The fourth-order valence-electron chi connectivity index (χ4n) is 0.918. The van der Waals surface area contributed by atoms with E-state index in [2.05, 4.69) is 10.7 Å². The molecular formula is C8H9NO4. The van der Waals surface area contributed by atoms with Crippen LogP contribution in [-0.4, -0.2) is 16.2 Å². The van der Waals surface area contributed by atoms with Crippen molar-refractivity contribution in [3.63, 3.8) is 0 Å². The molecule has 0 fully saturated rings. The van der Waals surface area contributed by atoms with Gasteiger partial charge in [-0.05, 0) is 6.07 Å². The highest BCUT2D eigenvalue weighted by Crippen LogP contribution is 2.28. The number of phenols is 2. The van der Waals surface area contributed by atoms with Gasteiger partial charge in [0.2, 0.25) is 0 Å². The van der Waals surface area contributed by atoms with Gasteiger partial charge in [-0.3, -0.25) is 4.79 Å². The van der Waals surface area contributed by atoms with Crippen LogP contribution in [0.5, 0.6) is 11.5 Å². The number of aromatic hydroxyl groups is 2. The Morgan fingerprint density at radius 3 is 2.77 bits per heavy atom. The summed E-state index contributed by atoms with van der Waals surface area (Å²) in [6, 6.07) is 4.31. The second-order valence-electron chi connectivity index (χ2n) is 2.45. The molecule has 1 aromatic rings. The molecule has 5 heteroatoms. The molecule has 0 amide bonds. The van der Waals surface area contributed by atoms with Crippen LogP contribution in [0, 0.1) is 0 Å². The molecule has 0 saturated carbocycles. The van der Waals surface area contributed by atoms with Gasteiger partial charge < -0.3 is 15.1 Å². The van der Waals surface area contributed by atoms with Crippen LogP contribution in [0.2, 0.25) is 0 Å². The van der Waals surface area contributed by atoms with Crippen LogP contribution >= 0.6 is 0 Å². The van der Waals surface area contributed by atoms with Crippen molar-refractivity contribution in [2.45, 2.75) is 6.42 Å². The van der Waals surface area contributed by atoms with E-state index >= 15 is 0 Å². The predicted molar refractivity (Wildman–Crippen MR) is 43.8 cm³/mol. The zero-order valence-electron chi connectivity index (χ0n) is 6.73. The Balaban J connectivity index is 2.89. The Labute approximate surface area is 74.3 Å². The van der Waals surface area contributed by atoms with Crippen LogP contribution in [0.15, 0.2) is 18.2 Å². The smallest absolute Gasteiger partial charge is 0.328 e. The van der Waals surface area contributed by atoms with Crippen LogP contribution in [0.1, 0.15) is 5.56 Å². The summed E-state index contributed by atoms with van der Waals surface area (Å²) in [5.41, 5.74) is 0.274. The summed E-state index contributed by atoms with van der Waals surface area (Å²) in [5, 5.41) is 18.3. The molecule has 0 aliphatic rings. The topological polar surface area (TPSA) is 92.8 Å². The maximum atomic E-state index is 10.7. The second-order valence-corrected chi connectivity index (χ2v) is 2.45. The van der Waals surface area contributed by atoms with Crippen LogP contribution in [0.4, 0.5) is 0 Å². The maximum absolute atomic E-state index is 10.7. The van der Waals surface area contributed by atoms with E-state index in [1.807, 2.05) is 0 Å². The molecule has 0 radical (unpaired) electrons. The fourth-order valence-corrected chi connectivity index (χ4v) is 0.918. The first-order valence-electron chi connectivity index (χ1n) is 3.54. The lowest BCUT2D eigenvalue weighted by atomic mass is 10.1. The third-order valence-corrected chi connectivity index (χ3v) is 1.56. The van der Waals surface area contributed by atoms with Gasteiger partial charge in [0.15, 0.2) is 11.5 Å². The van der Waals surface area contributed by atoms with Gasteiger partial charge >= 0.3 is 5.97 Å². The average molecular weight is 183 g/mol. The van der Waals surface area contributed by atoms with E-state index in [9.17, 15) is 9.90 Å². The average Bonchev–Trinajstić information content (AvgIpc) is 2.13. The Hall–Kier alpha value is -1.75. The van der Waals surface area contributed by atoms with E-state index in [4.69, 9.17) is 5.11 Å². The molecule has 0 heterocycles. The SMILES string of the molecule is NOC(=O)Cc1cccc(O)c1O. The van der Waals surface area contributed by atoms with Crippen molar-refractivity contribution in [3.8, 4) is 11.5 Å². The summed E-state index contributed by atoms with van der Waals surface area (Å²) >= 11 is 0. The van der Waals surface area contributed by atoms with Gasteiger partial charge in [-0.2, -0.15) is 5.90 Å². The number of carbonyl (C=O) groups excluding carboxylic acids is 1. The summed E-state index contributed by atoms with van der Waals surface area (Å²) in [6.45, 7) is 0. The lowest BCUT2D eigenvalue weighted by molar-refractivity contribution is -0.143. The molecule has 13 heavy (non-hydrogen) atoms. The summed E-state index contributed by atoms with van der Waals surface area (Å²) in [5.74, 6) is 3.33. The fraction of sp³-hybridized carbons (Fsp3) is 0.125. The predicted octanol–water partition coefficient (Wildman–Crippen LogP) is 0.0572. The van der Waals surface area contributed by atoms with E-state index < -0.39 is 5.97 Å². The number of para-hydroxylation sites is 1. The Bertz CT molecular complexity index is 324. The molecule has 1 aromatic carbocycles. The Morgan fingerprint density at radius 2 is 2.15 bits per heavy atom. The summed E-state index contributed by atoms with van der Waals surface area (Å²) < 4.78 is 0. The molecular weight excluding hydrogens is 174 g/mol. The highest BCUT2D eigenvalue weighted by atomic mass is 16.7. The summed E-state index contributed by atoms with van der Waals surface area (Å²) in [4.78, 5) is 14.6. The number of benzene rings is 1. The Kier molecular flexibility index (Phi) is 2.71. The van der Waals surface area contributed by atoms with Gasteiger partial charge in [0.1, 0.15) is 0 Å². The van der Waals surface area contributed by atoms with Crippen molar-refractivity contribution >= 4 is 5.97 Å². The quantitative estimate of drug-likeness (QED) is 0.445. The summed E-state index contributed by atoms with van der Waals surface area (Å²) in [7, 11) is 0. The van der Waals surface area contributed by atoms with E-state index in [0.717, 1.165) is 0 Å². The third-order valence-electron chi connectivity index (χ3n) is 1.56. The lowest BCUT2D eigenvalue weighted by Gasteiger charge is -2.03. The van der Waals surface area contributed by atoms with E-state index in [-0.39, 0.29) is 23.5 Å². The zero-order chi connectivity index (χ0) is 9.84. The first kappa shape index (κ1) is 9.34. The minimum absolute atomic E-state index is 0.170. The molecule has 0 atom stereocenters. The van der Waals surface area contributed by atoms with Gasteiger partial charge in [0, 0.05) is 5.56 Å². The zero-order valence-corrected chi connectivity index (χ0v) is 6.73. The first-order valence-corrected chi connectivity index (χ1v) is 3.54. The van der Waals surface area contributed by atoms with Crippen molar-refractivity contribution in [1.29, 1.82) is 0 Å². The summed E-state index contributed by atoms with van der Waals surface area (Å²) in [6.07, 6.45) is -0.170. The van der Waals surface area contributed by atoms with Gasteiger partial charge in [-0.25, -0.2) is 0 Å². The maximum Gasteiger partial charge on any atom is 0.328 e. The minimum atomic E-state index is -0.680. The van der Waals surface area contributed by atoms with Crippen LogP contribution in [0.3, 0.4) is 0 Å². The molecule has 0 saturated heterocycles. The molecule has 70 valence electrons. The normalized spacial score (nSPS) is 9.62. The molecule has 0 aliphatic heterocycles. The largest absolute Gasteiger partial charge is 0.504 e. The molecule has 0 aromatic heterocycles. The van der Waals surface area contributed by atoms with E-state index in [0.29, 0.717) is 0 Å². The van der Waals surface area contributed by atoms with Crippen molar-refractivity contribution in [2.75, 3.05) is 0 Å². The van der Waals surface area contributed by atoms with Crippen LogP contribution < -0.4 is 5.90 Å². The van der Waals surface area contributed by atoms with Gasteiger partial charge in [0.25, 0.3) is 0 Å². The number of hydrogen-bond donors (Lipinski definition) is 3. The van der Waals surface area contributed by atoms with Crippen LogP contribution in [-0.2, 0) is 16.1 Å². The lowest BCUT2D eigenvalue weighted by Crippen LogP contribution is -2.12. The number of phenolic OH excluding ortho intramolecular Hbond substituents is 2. The van der Waals surface area contributed by atoms with E-state index in [1.165, 1.54) is 18.2 Å². The molecule has 1 rings (SSSR count). The van der Waals surface area contributed by atoms with Gasteiger partial charge in [-0.1, -0.05) is 12.1 Å². The van der Waals surface area contributed by atoms with Gasteiger partial charge in [0.05, 0.1) is 6.42 Å². The highest BCUT2D eigenvalue weighted by Gasteiger charge is 2.10. The van der Waals surface area contributed by atoms with E-state index in [1.54, 1.807) is 0 Å². The molecule has 0 spiro atoms. The number of nitrogens with two attached hydrogens (primary N) is 1. The highest BCUT2D eigenvalue weighted by molar-refractivity contribution is 5.73.